The second kappa shape index (κ2) is 8.58. The van der Waals surface area contributed by atoms with Crippen LogP contribution < -0.4 is 16.6 Å². The summed E-state index contributed by atoms with van der Waals surface area (Å²) in [6.07, 6.45) is 7.17. The van der Waals surface area contributed by atoms with Gasteiger partial charge in [0.2, 0.25) is 0 Å². The Morgan fingerprint density at radius 2 is 1.85 bits per heavy atom. The fourth-order valence-electron chi connectivity index (χ4n) is 1.44. The number of rotatable bonds is 6. The number of nitrogens with zero attached hydrogens (tertiary/aromatic N) is 1. The Kier molecular flexibility index (Phi) is 6.68. The molecule has 0 saturated carbocycles. The van der Waals surface area contributed by atoms with Crippen molar-refractivity contribution in [3.05, 3.63) is 65.8 Å². The van der Waals surface area contributed by atoms with E-state index >= 15 is 0 Å². The number of nitrogens with one attached hydrogen (secondary N) is 2. The van der Waals surface area contributed by atoms with Crippen molar-refractivity contribution in [1.82, 2.24) is 10.9 Å². The smallest absolute Gasteiger partial charge is 0.118 e. The van der Waals surface area contributed by atoms with E-state index in [1.807, 2.05) is 63.3 Å². The number of allylic oxidation sites excluding steroid dienone is 4. The molecule has 4 N–H and O–H groups in total. The molecule has 0 unspecified atom stereocenters. The van der Waals surface area contributed by atoms with Crippen molar-refractivity contribution >= 4 is 11.8 Å². The van der Waals surface area contributed by atoms with Gasteiger partial charge in [0.05, 0.1) is 0 Å². The van der Waals surface area contributed by atoms with Gasteiger partial charge in [0, 0.05) is 18.1 Å². The zero-order chi connectivity index (χ0) is 14.8. The molecule has 20 heavy (non-hydrogen) atoms. The molecule has 0 aliphatic heterocycles. The Morgan fingerprint density at radius 3 is 2.50 bits per heavy atom. The van der Waals surface area contributed by atoms with Gasteiger partial charge in [-0.1, -0.05) is 36.4 Å². The summed E-state index contributed by atoms with van der Waals surface area (Å²) in [6, 6.07) is 10.0. The van der Waals surface area contributed by atoms with Crippen molar-refractivity contribution in [3.63, 3.8) is 0 Å². The maximum Gasteiger partial charge on any atom is 0.118 e. The zero-order valence-corrected chi connectivity index (χ0v) is 12.2. The Labute approximate surface area is 120 Å². The van der Waals surface area contributed by atoms with Crippen LogP contribution in [-0.2, 0) is 0 Å². The summed E-state index contributed by atoms with van der Waals surface area (Å²) < 4.78 is 0. The molecule has 4 nitrogen and oxygen atoms in total. The van der Waals surface area contributed by atoms with E-state index in [0.29, 0.717) is 5.82 Å². The van der Waals surface area contributed by atoms with Gasteiger partial charge in [-0.15, -0.1) is 0 Å². The number of hydrogen-bond acceptors (Lipinski definition) is 4. The fourth-order valence-corrected chi connectivity index (χ4v) is 1.44. The minimum Gasteiger partial charge on any atom is -0.384 e. The standard InChI is InChI=1S/C16H22N4/c1-4-11-18-12-10-13(2)19-20-16(17)14(3)15-8-6-5-7-9-15/h4-12,19-20H,17H2,1-3H3/b11-4-,13-10?,16-14+,18-12?. The minimum atomic E-state index is 0.592. The molecule has 0 aromatic heterocycles. The Morgan fingerprint density at radius 1 is 1.15 bits per heavy atom. The quantitative estimate of drug-likeness (QED) is 0.550. The van der Waals surface area contributed by atoms with Gasteiger partial charge in [-0.3, -0.25) is 10.4 Å². The molecule has 0 aliphatic carbocycles. The van der Waals surface area contributed by atoms with Gasteiger partial charge in [-0.05, 0) is 38.0 Å². The summed E-state index contributed by atoms with van der Waals surface area (Å²) >= 11 is 0. The number of aliphatic imine (C=N–C) groups is 1. The lowest BCUT2D eigenvalue weighted by Gasteiger charge is -2.12. The third kappa shape index (κ3) is 5.44. The van der Waals surface area contributed by atoms with Gasteiger partial charge >= 0.3 is 0 Å². The summed E-state index contributed by atoms with van der Waals surface area (Å²) in [4.78, 5) is 4.05. The topological polar surface area (TPSA) is 62.4 Å². The number of hydrogen-bond donors (Lipinski definition) is 3. The first-order chi connectivity index (χ1) is 9.65. The maximum atomic E-state index is 6.01. The second-order valence-corrected chi connectivity index (χ2v) is 4.28. The van der Waals surface area contributed by atoms with E-state index in [1.54, 1.807) is 12.4 Å². The molecule has 0 atom stereocenters. The van der Waals surface area contributed by atoms with Gasteiger partial charge in [-0.2, -0.15) is 0 Å². The molecule has 0 aliphatic rings. The van der Waals surface area contributed by atoms with E-state index in [-0.39, 0.29) is 0 Å². The molecule has 1 aromatic rings. The highest BCUT2D eigenvalue weighted by atomic mass is 15.4. The van der Waals surface area contributed by atoms with Crippen LogP contribution in [-0.4, -0.2) is 6.21 Å². The zero-order valence-electron chi connectivity index (χ0n) is 12.2. The summed E-state index contributed by atoms with van der Waals surface area (Å²) in [5.41, 5.74) is 15.0. The lowest BCUT2D eigenvalue weighted by atomic mass is 10.1. The van der Waals surface area contributed by atoms with E-state index in [0.717, 1.165) is 16.8 Å². The van der Waals surface area contributed by atoms with E-state index in [1.165, 1.54) is 0 Å². The van der Waals surface area contributed by atoms with Crippen molar-refractivity contribution in [2.75, 3.05) is 0 Å². The summed E-state index contributed by atoms with van der Waals surface area (Å²) in [5.74, 6) is 0.592. The van der Waals surface area contributed by atoms with Crippen LogP contribution in [0.2, 0.25) is 0 Å². The normalized spacial score (nSPS) is 13.7. The summed E-state index contributed by atoms with van der Waals surface area (Å²) in [6.45, 7) is 5.83. The van der Waals surface area contributed by atoms with Crippen LogP contribution in [0.3, 0.4) is 0 Å². The summed E-state index contributed by atoms with van der Waals surface area (Å²) in [5, 5.41) is 0. The lowest BCUT2D eigenvalue weighted by molar-refractivity contribution is 0.685. The van der Waals surface area contributed by atoms with Crippen molar-refractivity contribution in [1.29, 1.82) is 0 Å². The van der Waals surface area contributed by atoms with E-state index in [9.17, 15) is 0 Å². The molecule has 0 spiro atoms. The third-order valence-corrected chi connectivity index (χ3v) is 2.65. The number of hydrazine groups is 1. The average molecular weight is 270 g/mol. The molecular weight excluding hydrogens is 248 g/mol. The number of nitrogens with two attached hydrogens (primary N) is 1. The van der Waals surface area contributed by atoms with Gasteiger partial charge in [0.25, 0.3) is 0 Å². The predicted octanol–water partition coefficient (Wildman–Crippen LogP) is 2.94. The fraction of sp³-hybridized carbons (Fsp3) is 0.188. The van der Waals surface area contributed by atoms with Crippen LogP contribution in [0, 0.1) is 0 Å². The largest absolute Gasteiger partial charge is 0.384 e. The van der Waals surface area contributed by atoms with Crippen LogP contribution in [0.4, 0.5) is 0 Å². The highest BCUT2D eigenvalue weighted by molar-refractivity contribution is 5.72. The van der Waals surface area contributed by atoms with Gasteiger partial charge < -0.3 is 11.2 Å². The SMILES string of the molecule is C/C=C\N=CC=C(C)NN/C(N)=C(\C)c1ccccc1. The lowest BCUT2D eigenvalue weighted by Crippen LogP contribution is -2.33. The van der Waals surface area contributed by atoms with Gasteiger partial charge in [0.15, 0.2) is 0 Å². The minimum absolute atomic E-state index is 0.592. The first kappa shape index (κ1) is 15.6. The average Bonchev–Trinajstić information content (AvgIpc) is 2.49. The molecule has 0 heterocycles. The first-order valence-corrected chi connectivity index (χ1v) is 6.50. The van der Waals surface area contributed by atoms with Crippen LogP contribution in [0.5, 0.6) is 0 Å². The highest BCUT2D eigenvalue weighted by Gasteiger charge is 2.00. The molecule has 0 amide bonds. The molecule has 1 rings (SSSR count). The molecule has 0 fully saturated rings. The van der Waals surface area contributed by atoms with Crippen molar-refractivity contribution in [3.8, 4) is 0 Å². The van der Waals surface area contributed by atoms with Crippen molar-refractivity contribution in [2.24, 2.45) is 10.7 Å². The molecule has 0 radical (unpaired) electrons. The van der Waals surface area contributed by atoms with Crippen LogP contribution in [0.15, 0.2) is 65.2 Å². The number of benzene rings is 1. The molecule has 0 saturated heterocycles. The van der Waals surface area contributed by atoms with E-state index in [2.05, 4.69) is 15.8 Å². The van der Waals surface area contributed by atoms with E-state index < -0.39 is 0 Å². The van der Waals surface area contributed by atoms with Crippen LogP contribution >= 0.6 is 0 Å². The molecule has 106 valence electrons. The van der Waals surface area contributed by atoms with Crippen LogP contribution in [0.25, 0.3) is 5.57 Å². The highest BCUT2D eigenvalue weighted by Crippen LogP contribution is 2.13. The second-order valence-electron chi connectivity index (χ2n) is 4.28. The Bertz CT molecular complexity index is 525. The van der Waals surface area contributed by atoms with Crippen LogP contribution in [0.1, 0.15) is 26.3 Å². The molecule has 4 heteroatoms. The Balaban J connectivity index is 2.60. The van der Waals surface area contributed by atoms with E-state index in [4.69, 9.17) is 5.73 Å². The molecular formula is C16H22N4. The van der Waals surface area contributed by atoms with Crippen molar-refractivity contribution in [2.45, 2.75) is 20.8 Å². The third-order valence-electron chi connectivity index (χ3n) is 2.65. The Hall–Kier alpha value is -2.49. The molecule has 0 bridgehead atoms. The summed E-state index contributed by atoms with van der Waals surface area (Å²) in [7, 11) is 0. The monoisotopic (exact) mass is 270 g/mol. The van der Waals surface area contributed by atoms with Gasteiger partial charge in [0.1, 0.15) is 5.82 Å². The maximum absolute atomic E-state index is 6.01. The van der Waals surface area contributed by atoms with Crippen molar-refractivity contribution < 1.29 is 0 Å². The first-order valence-electron chi connectivity index (χ1n) is 6.50. The molecule has 1 aromatic carbocycles. The van der Waals surface area contributed by atoms with Gasteiger partial charge in [-0.25, -0.2) is 0 Å². The predicted molar refractivity (Wildman–Crippen MR) is 86.6 cm³/mol.